The molecule has 1 N–H and O–H groups in total. The molecular weight excluding hydrogens is 328 g/mol. The summed E-state index contributed by atoms with van der Waals surface area (Å²) in [6.07, 6.45) is 4.94. The molecule has 0 aliphatic heterocycles. The lowest BCUT2D eigenvalue weighted by atomic mass is 10.2. The highest BCUT2D eigenvalue weighted by atomic mass is 16.5. The minimum atomic E-state index is 0.594. The van der Waals surface area contributed by atoms with Gasteiger partial charge >= 0.3 is 0 Å². The number of anilines is 1. The Labute approximate surface area is 150 Å². The second-order valence-electron chi connectivity index (χ2n) is 5.50. The summed E-state index contributed by atoms with van der Waals surface area (Å²) in [6.45, 7) is 0. The summed E-state index contributed by atoms with van der Waals surface area (Å²) in [5, 5.41) is 9.46. The van der Waals surface area contributed by atoms with E-state index in [0.29, 0.717) is 11.5 Å². The lowest BCUT2D eigenvalue weighted by molar-refractivity contribution is 0.414. The van der Waals surface area contributed by atoms with Gasteiger partial charge in [-0.25, -0.2) is 14.6 Å². The molecule has 7 heteroatoms. The molecular formula is C19H16N6O. The largest absolute Gasteiger partial charge is 0.497 e. The van der Waals surface area contributed by atoms with E-state index in [9.17, 15) is 0 Å². The fourth-order valence-corrected chi connectivity index (χ4v) is 2.57. The van der Waals surface area contributed by atoms with Gasteiger partial charge in [0.05, 0.1) is 30.6 Å². The predicted molar refractivity (Wildman–Crippen MR) is 101 cm³/mol. The van der Waals surface area contributed by atoms with E-state index in [-0.39, 0.29) is 0 Å². The number of rotatable bonds is 5. The summed E-state index contributed by atoms with van der Waals surface area (Å²) < 4.78 is 7.02. The molecule has 128 valence electrons. The Morgan fingerprint density at radius 2 is 1.96 bits per heavy atom. The van der Waals surface area contributed by atoms with E-state index in [1.807, 2.05) is 54.6 Å². The van der Waals surface area contributed by atoms with Gasteiger partial charge < -0.3 is 4.74 Å². The van der Waals surface area contributed by atoms with Gasteiger partial charge in [0.2, 0.25) is 0 Å². The Kier molecular flexibility index (Phi) is 4.26. The predicted octanol–water partition coefficient (Wildman–Crippen LogP) is 3.27. The van der Waals surface area contributed by atoms with Crippen LogP contribution in [0.1, 0.15) is 5.56 Å². The average molecular weight is 344 g/mol. The van der Waals surface area contributed by atoms with Gasteiger partial charge in [0, 0.05) is 6.07 Å². The van der Waals surface area contributed by atoms with Crippen LogP contribution in [0, 0.1) is 0 Å². The Hall–Kier alpha value is -3.74. The van der Waals surface area contributed by atoms with Crippen LogP contribution in [0.5, 0.6) is 5.75 Å². The van der Waals surface area contributed by atoms with Crippen LogP contribution in [0.15, 0.2) is 72.2 Å². The summed E-state index contributed by atoms with van der Waals surface area (Å²) in [6, 6.07) is 17.5. The van der Waals surface area contributed by atoms with Gasteiger partial charge in [-0.15, -0.1) is 0 Å². The summed E-state index contributed by atoms with van der Waals surface area (Å²) in [7, 11) is 1.63. The lowest BCUT2D eigenvalue weighted by Gasteiger charge is -2.06. The smallest absolute Gasteiger partial charge is 0.168 e. The maximum absolute atomic E-state index is 5.28. The zero-order valence-corrected chi connectivity index (χ0v) is 14.1. The van der Waals surface area contributed by atoms with E-state index in [1.165, 1.54) is 6.33 Å². The van der Waals surface area contributed by atoms with Gasteiger partial charge in [0.1, 0.15) is 12.1 Å². The third-order valence-corrected chi connectivity index (χ3v) is 3.85. The van der Waals surface area contributed by atoms with Crippen LogP contribution in [-0.2, 0) is 0 Å². The van der Waals surface area contributed by atoms with Gasteiger partial charge in [0.15, 0.2) is 11.5 Å². The Morgan fingerprint density at radius 3 is 2.81 bits per heavy atom. The first-order valence-electron chi connectivity index (χ1n) is 8.02. The van der Waals surface area contributed by atoms with Crippen molar-refractivity contribution in [3.63, 3.8) is 0 Å². The summed E-state index contributed by atoms with van der Waals surface area (Å²) in [5.41, 5.74) is 5.51. The molecule has 2 aromatic carbocycles. The first-order valence-corrected chi connectivity index (χ1v) is 8.02. The van der Waals surface area contributed by atoms with Crippen molar-refractivity contribution in [3.8, 4) is 11.4 Å². The van der Waals surface area contributed by atoms with E-state index < -0.39 is 0 Å². The highest BCUT2D eigenvalue weighted by Gasteiger charge is 2.11. The molecule has 0 fully saturated rings. The normalized spacial score (nSPS) is 11.1. The lowest BCUT2D eigenvalue weighted by Crippen LogP contribution is -2.00. The number of hydrogen-bond donors (Lipinski definition) is 1. The molecule has 0 radical (unpaired) electrons. The van der Waals surface area contributed by atoms with Gasteiger partial charge in [0.25, 0.3) is 0 Å². The van der Waals surface area contributed by atoms with E-state index >= 15 is 0 Å². The van der Waals surface area contributed by atoms with Crippen molar-refractivity contribution in [2.24, 2.45) is 5.10 Å². The molecule has 0 amide bonds. The second-order valence-corrected chi connectivity index (χ2v) is 5.50. The number of methoxy groups -OCH3 is 1. The van der Waals surface area contributed by atoms with E-state index in [0.717, 1.165) is 22.4 Å². The van der Waals surface area contributed by atoms with Crippen LogP contribution >= 0.6 is 0 Å². The number of ether oxygens (including phenoxy) is 1. The van der Waals surface area contributed by atoms with E-state index in [1.54, 1.807) is 24.2 Å². The van der Waals surface area contributed by atoms with Crippen LogP contribution in [0.4, 0.5) is 5.82 Å². The van der Waals surface area contributed by atoms with Crippen LogP contribution in [0.25, 0.3) is 16.7 Å². The zero-order valence-electron chi connectivity index (χ0n) is 14.1. The number of hydrazone groups is 1. The summed E-state index contributed by atoms with van der Waals surface area (Å²) in [4.78, 5) is 8.62. The topological polar surface area (TPSA) is 77.2 Å². The van der Waals surface area contributed by atoms with E-state index in [4.69, 9.17) is 4.74 Å². The molecule has 4 aromatic rings. The average Bonchev–Trinajstić information content (AvgIpc) is 3.14. The maximum Gasteiger partial charge on any atom is 0.168 e. The first-order chi connectivity index (χ1) is 12.8. The molecule has 4 rings (SSSR count). The highest BCUT2D eigenvalue weighted by Crippen LogP contribution is 2.23. The molecule has 7 nitrogen and oxygen atoms in total. The highest BCUT2D eigenvalue weighted by molar-refractivity contribution is 5.88. The molecule has 0 aliphatic rings. The molecule has 0 bridgehead atoms. The number of fused-ring (bicyclic) bond motifs is 1. The van der Waals surface area contributed by atoms with Gasteiger partial charge in [-0.3, -0.25) is 5.43 Å². The van der Waals surface area contributed by atoms with Crippen LogP contribution < -0.4 is 10.2 Å². The van der Waals surface area contributed by atoms with Crippen molar-refractivity contribution in [2.45, 2.75) is 0 Å². The van der Waals surface area contributed by atoms with Crippen LogP contribution in [-0.4, -0.2) is 33.1 Å². The third-order valence-electron chi connectivity index (χ3n) is 3.85. The second kappa shape index (κ2) is 7.02. The van der Waals surface area contributed by atoms with E-state index in [2.05, 4.69) is 25.6 Å². The summed E-state index contributed by atoms with van der Waals surface area (Å²) >= 11 is 0. The molecule has 0 saturated carbocycles. The monoisotopic (exact) mass is 344 g/mol. The zero-order chi connectivity index (χ0) is 17.8. The number of benzene rings is 2. The standard InChI is InChI=1S/C19H16N6O/c1-26-16-9-5-8-15(10-16)25-19-17(12-23-25)18(20-13-21-19)24-22-11-14-6-3-2-4-7-14/h2-13H,1H3,(H,20,21,24)/b22-11+. The Bertz CT molecular complexity index is 1060. The molecule has 26 heavy (non-hydrogen) atoms. The molecule has 2 heterocycles. The minimum Gasteiger partial charge on any atom is -0.497 e. The number of nitrogens with zero attached hydrogens (tertiary/aromatic N) is 5. The van der Waals surface area contributed by atoms with Crippen LogP contribution in [0.2, 0.25) is 0 Å². The molecule has 0 spiro atoms. The number of nitrogens with one attached hydrogen (secondary N) is 1. The summed E-state index contributed by atoms with van der Waals surface area (Å²) in [5.74, 6) is 1.35. The molecule has 0 atom stereocenters. The van der Waals surface area contributed by atoms with Gasteiger partial charge in [-0.2, -0.15) is 10.2 Å². The Morgan fingerprint density at radius 1 is 1.08 bits per heavy atom. The number of aromatic nitrogens is 4. The van der Waals surface area contributed by atoms with Crippen molar-refractivity contribution >= 4 is 23.1 Å². The molecule has 2 aromatic heterocycles. The maximum atomic E-state index is 5.28. The first kappa shape index (κ1) is 15.8. The van der Waals surface area contributed by atoms with Gasteiger partial charge in [-0.1, -0.05) is 36.4 Å². The number of hydrogen-bond acceptors (Lipinski definition) is 6. The van der Waals surface area contributed by atoms with Crippen molar-refractivity contribution in [3.05, 3.63) is 72.7 Å². The quantitative estimate of drug-likeness (QED) is 0.444. The fraction of sp³-hybridized carbons (Fsp3) is 0.0526. The third kappa shape index (κ3) is 3.10. The van der Waals surface area contributed by atoms with Crippen molar-refractivity contribution in [1.82, 2.24) is 19.7 Å². The Balaban J connectivity index is 1.66. The minimum absolute atomic E-state index is 0.594. The SMILES string of the molecule is COc1cccc(-n2ncc3c(N/N=C/c4ccccc4)ncnc32)c1. The molecule has 0 aliphatic carbocycles. The molecule has 0 saturated heterocycles. The van der Waals surface area contributed by atoms with Crippen LogP contribution in [0.3, 0.4) is 0 Å². The fourth-order valence-electron chi connectivity index (χ4n) is 2.57. The van der Waals surface area contributed by atoms with Crippen molar-refractivity contribution in [1.29, 1.82) is 0 Å². The van der Waals surface area contributed by atoms with Gasteiger partial charge in [-0.05, 0) is 17.7 Å². The van der Waals surface area contributed by atoms with Crippen molar-refractivity contribution < 1.29 is 4.74 Å². The molecule has 0 unspecified atom stereocenters. The van der Waals surface area contributed by atoms with Crippen molar-refractivity contribution in [2.75, 3.05) is 12.5 Å².